The van der Waals surface area contributed by atoms with E-state index in [1.165, 1.54) is 0 Å². The van der Waals surface area contributed by atoms with E-state index in [1.54, 1.807) is 24.3 Å². The van der Waals surface area contributed by atoms with Crippen molar-refractivity contribution in [3.05, 3.63) is 29.3 Å². The number of carbonyl (C=O) groups is 1. The summed E-state index contributed by atoms with van der Waals surface area (Å²) in [5, 5.41) is 3.54. The van der Waals surface area contributed by atoms with Crippen LogP contribution in [0.15, 0.2) is 24.3 Å². The Labute approximate surface area is 138 Å². The minimum atomic E-state index is -0.407. The second-order valence-corrected chi connectivity index (χ2v) is 6.79. The highest BCUT2D eigenvalue weighted by molar-refractivity contribution is 6.30. The maximum Gasteiger partial charge on any atom is 0.320 e. The minimum Gasteiger partial charge on any atom is -0.471 e. The first kappa shape index (κ1) is 18.6. The van der Waals surface area contributed by atoms with E-state index in [9.17, 15) is 4.79 Å². The van der Waals surface area contributed by atoms with Crippen LogP contribution in [0.4, 0.5) is 4.79 Å². The van der Waals surface area contributed by atoms with Crippen LogP contribution in [0.5, 0.6) is 5.75 Å². The zero-order valence-electron chi connectivity index (χ0n) is 14.1. The molecule has 1 aromatic rings. The summed E-state index contributed by atoms with van der Waals surface area (Å²) in [5.74, 6) is 1.53. The highest BCUT2D eigenvalue weighted by atomic mass is 35.5. The molecule has 0 aliphatic rings. The molecule has 2 amide bonds. The van der Waals surface area contributed by atoms with E-state index in [0.717, 1.165) is 13.1 Å². The van der Waals surface area contributed by atoms with Crippen molar-refractivity contribution in [2.75, 3.05) is 13.1 Å². The molecule has 1 aromatic carbocycles. The summed E-state index contributed by atoms with van der Waals surface area (Å²) < 4.78 is 5.68. The number of halogens is 1. The molecular weight excluding hydrogens is 300 g/mol. The summed E-state index contributed by atoms with van der Waals surface area (Å²) in [5.41, 5.74) is 0. The molecule has 0 bridgehead atoms. The van der Waals surface area contributed by atoms with Crippen molar-refractivity contribution in [2.45, 2.75) is 40.8 Å². The van der Waals surface area contributed by atoms with Crippen molar-refractivity contribution in [1.82, 2.24) is 10.2 Å². The summed E-state index contributed by atoms with van der Waals surface area (Å²) in [6.07, 6.45) is -0.407. The third-order valence-corrected chi connectivity index (χ3v) is 3.16. The van der Waals surface area contributed by atoms with Crippen LogP contribution in [-0.2, 0) is 0 Å². The van der Waals surface area contributed by atoms with E-state index in [-0.39, 0.29) is 6.03 Å². The van der Waals surface area contributed by atoms with Gasteiger partial charge in [0, 0.05) is 18.1 Å². The predicted molar refractivity (Wildman–Crippen MR) is 91.3 cm³/mol. The number of benzene rings is 1. The summed E-state index contributed by atoms with van der Waals surface area (Å²) in [4.78, 5) is 14.2. The molecule has 0 aliphatic carbocycles. The fraction of sp³-hybridized carbons (Fsp3) is 0.588. The van der Waals surface area contributed by atoms with Crippen molar-refractivity contribution in [1.29, 1.82) is 0 Å². The fourth-order valence-electron chi connectivity index (χ4n) is 2.13. The van der Waals surface area contributed by atoms with E-state index < -0.39 is 6.23 Å². The van der Waals surface area contributed by atoms with E-state index in [1.807, 2.05) is 11.8 Å². The van der Waals surface area contributed by atoms with Crippen LogP contribution in [0.3, 0.4) is 0 Å². The lowest BCUT2D eigenvalue weighted by Crippen LogP contribution is -2.48. The van der Waals surface area contributed by atoms with Gasteiger partial charge in [-0.2, -0.15) is 0 Å². The number of ether oxygens (including phenoxy) is 1. The lowest BCUT2D eigenvalue weighted by Gasteiger charge is -2.28. The molecule has 0 spiro atoms. The van der Waals surface area contributed by atoms with Crippen LogP contribution >= 0.6 is 11.6 Å². The van der Waals surface area contributed by atoms with E-state index in [4.69, 9.17) is 16.3 Å². The quantitative estimate of drug-likeness (QED) is 0.755. The molecule has 5 heteroatoms. The Balaban J connectivity index is 2.57. The van der Waals surface area contributed by atoms with Gasteiger partial charge < -0.3 is 15.0 Å². The third kappa shape index (κ3) is 7.03. The van der Waals surface area contributed by atoms with Gasteiger partial charge in [-0.1, -0.05) is 39.3 Å². The number of urea groups is 1. The Morgan fingerprint density at radius 1 is 1.09 bits per heavy atom. The van der Waals surface area contributed by atoms with Crippen LogP contribution < -0.4 is 10.1 Å². The topological polar surface area (TPSA) is 41.6 Å². The van der Waals surface area contributed by atoms with Gasteiger partial charge in [0.1, 0.15) is 5.75 Å². The molecular formula is C17H27ClN2O2. The Bertz CT molecular complexity index is 450. The predicted octanol–water partition coefficient (Wildman–Crippen LogP) is 4.39. The van der Waals surface area contributed by atoms with Crippen molar-refractivity contribution in [3.63, 3.8) is 0 Å². The molecule has 0 radical (unpaired) electrons. The van der Waals surface area contributed by atoms with Crippen LogP contribution in [0.1, 0.15) is 34.6 Å². The second-order valence-electron chi connectivity index (χ2n) is 6.36. The fourth-order valence-corrected chi connectivity index (χ4v) is 2.26. The van der Waals surface area contributed by atoms with Crippen molar-refractivity contribution < 1.29 is 9.53 Å². The molecule has 0 saturated carbocycles. The van der Waals surface area contributed by atoms with Gasteiger partial charge in [0.2, 0.25) is 0 Å². The molecule has 0 heterocycles. The molecule has 0 aliphatic heterocycles. The maximum absolute atomic E-state index is 12.4. The molecule has 22 heavy (non-hydrogen) atoms. The summed E-state index contributed by atoms with van der Waals surface area (Å²) in [7, 11) is 0. The number of hydrogen-bond acceptors (Lipinski definition) is 2. The molecule has 0 fully saturated rings. The highest BCUT2D eigenvalue weighted by Gasteiger charge is 2.18. The first-order valence-corrected chi connectivity index (χ1v) is 8.13. The standard InChI is InChI=1S/C17H27ClN2O2/c1-12(2)10-20(11-13(3)4)17(21)19-14(5)22-16-8-6-15(18)7-9-16/h6-9,12-14H,10-11H2,1-5H3,(H,19,21). The molecule has 4 nitrogen and oxygen atoms in total. The average molecular weight is 327 g/mol. The van der Waals surface area contributed by atoms with Crippen molar-refractivity contribution in [2.24, 2.45) is 11.8 Å². The number of rotatable bonds is 7. The van der Waals surface area contributed by atoms with Gasteiger partial charge in [-0.05, 0) is 43.0 Å². The third-order valence-electron chi connectivity index (χ3n) is 2.91. The molecule has 1 atom stereocenters. The number of carbonyl (C=O) groups excluding carboxylic acids is 1. The molecule has 1 N–H and O–H groups in total. The minimum absolute atomic E-state index is 0.0936. The largest absolute Gasteiger partial charge is 0.471 e. The first-order chi connectivity index (χ1) is 10.3. The van der Waals surface area contributed by atoms with Gasteiger partial charge in [-0.25, -0.2) is 4.79 Å². The summed E-state index contributed by atoms with van der Waals surface area (Å²) in [6.45, 7) is 11.7. The number of hydrogen-bond donors (Lipinski definition) is 1. The molecule has 1 rings (SSSR count). The van der Waals surface area contributed by atoms with Crippen molar-refractivity contribution in [3.8, 4) is 5.75 Å². The molecule has 0 saturated heterocycles. The van der Waals surface area contributed by atoms with Gasteiger partial charge in [-0.3, -0.25) is 0 Å². The van der Waals surface area contributed by atoms with Crippen LogP contribution in [0, 0.1) is 11.8 Å². The molecule has 1 unspecified atom stereocenters. The van der Waals surface area contributed by atoms with Gasteiger partial charge in [0.25, 0.3) is 0 Å². The number of nitrogens with zero attached hydrogens (tertiary/aromatic N) is 1. The van der Waals surface area contributed by atoms with Gasteiger partial charge in [0.15, 0.2) is 6.23 Å². The number of nitrogens with one attached hydrogen (secondary N) is 1. The van der Waals surface area contributed by atoms with E-state index >= 15 is 0 Å². The van der Waals surface area contributed by atoms with E-state index in [0.29, 0.717) is 22.6 Å². The smallest absolute Gasteiger partial charge is 0.320 e. The zero-order chi connectivity index (χ0) is 16.7. The Morgan fingerprint density at radius 2 is 1.59 bits per heavy atom. The normalized spacial score (nSPS) is 12.4. The SMILES string of the molecule is CC(C)CN(CC(C)C)C(=O)NC(C)Oc1ccc(Cl)cc1. The Hall–Kier alpha value is -1.42. The van der Waals surface area contributed by atoms with Gasteiger partial charge in [0.05, 0.1) is 0 Å². The maximum atomic E-state index is 12.4. The zero-order valence-corrected chi connectivity index (χ0v) is 14.9. The second kappa shape index (κ2) is 8.89. The van der Waals surface area contributed by atoms with Gasteiger partial charge in [-0.15, -0.1) is 0 Å². The van der Waals surface area contributed by atoms with Crippen LogP contribution in [0.25, 0.3) is 0 Å². The average Bonchev–Trinajstić information content (AvgIpc) is 2.39. The summed E-state index contributed by atoms with van der Waals surface area (Å²) >= 11 is 5.84. The molecule has 124 valence electrons. The Morgan fingerprint density at radius 3 is 2.05 bits per heavy atom. The highest BCUT2D eigenvalue weighted by Crippen LogP contribution is 2.16. The first-order valence-electron chi connectivity index (χ1n) is 7.75. The van der Waals surface area contributed by atoms with Gasteiger partial charge >= 0.3 is 6.03 Å². The van der Waals surface area contributed by atoms with Crippen molar-refractivity contribution >= 4 is 17.6 Å². The molecule has 0 aromatic heterocycles. The monoisotopic (exact) mass is 326 g/mol. The lowest BCUT2D eigenvalue weighted by molar-refractivity contribution is 0.145. The van der Waals surface area contributed by atoms with Crippen LogP contribution in [-0.4, -0.2) is 30.2 Å². The van der Waals surface area contributed by atoms with E-state index in [2.05, 4.69) is 33.0 Å². The summed E-state index contributed by atoms with van der Waals surface area (Å²) in [6, 6.07) is 6.99. The number of amides is 2. The van der Waals surface area contributed by atoms with Crippen LogP contribution in [0.2, 0.25) is 5.02 Å². The Kier molecular flexibility index (Phi) is 7.52. The lowest BCUT2D eigenvalue weighted by atomic mass is 10.1.